The van der Waals surface area contributed by atoms with Crippen LogP contribution in [0.15, 0.2) is 48.5 Å². The normalized spacial score (nSPS) is 16.1. The fourth-order valence-electron chi connectivity index (χ4n) is 3.46. The van der Waals surface area contributed by atoms with E-state index in [1.54, 1.807) is 24.3 Å². The molecular formula is C21H24F3N3O2. The monoisotopic (exact) mass is 407 g/mol. The molecule has 1 fully saturated rings. The van der Waals surface area contributed by atoms with Crippen LogP contribution in [-0.4, -0.2) is 54.0 Å². The van der Waals surface area contributed by atoms with Gasteiger partial charge < -0.3 is 9.80 Å². The molecule has 0 amide bonds. The number of nitrogens with zero attached hydrogens (tertiary/aromatic N) is 3. The van der Waals surface area contributed by atoms with Crippen molar-refractivity contribution in [1.29, 1.82) is 0 Å². The summed E-state index contributed by atoms with van der Waals surface area (Å²) in [5.41, 5.74) is 1.50. The van der Waals surface area contributed by atoms with E-state index >= 15 is 0 Å². The Hall–Kier alpha value is -2.45. The van der Waals surface area contributed by atoms with E-state index in [1.807, 2.05) is 0 Å². The summed E-state index contributed by atoms with van der Waals surface area (Å²) in [7, 11) is 0. The number of rotatable bonds is 7. The largest absolute Gasteiger partial charge is 0.416 e. The molecule has 0 saturated carbocycles. The summed E-state index contributed by atoms with van der Waals surface area (Å²) in [4.78, 5) is 15.0. The van der Waals surface area contributed by atoms with Crippen LogP contribution >= 0.6 is 0 Å². The van der Waals surface area contributed by atoms with Crippen LogP contribution in [-0.2, 0) is 19.0 Å². The second-order valence-corrected chi connectivity index (χ2v) is 7.30. The van der Waals surface area contributed by atoms with Gasteiger partial charge in [0.15, 0.2) is 0 Å². The van der Waals surface area contributed by atoms with Crippen LogP contribution in [0, 0.1) is 10.1 Å². The van der Waals surface area contributed by atoms with Gasteiger partial charge in [-0.05, 0) is 36.1 Å². The molecule has 29 heavy (non-hydrogen) atoms. The number of non-ortho nitro benzene ring substituents is 1. The minimum atomic E-state index is -4.29. The molecule has 0 radical (unpaired) electrons. The van der Waals surface area contributed by atoms with E-state index in [9.17, 15) is 23.3 Å². The maximum Gasteiger partial charge on any atom is 0.416 e. The molecule has 1 aliphatic heterocycles. The van der Waals surface area contributed by atoms with Crippen molar-refractivity contribution in [2.45, 2.75) is 19.0 Å². The van der Waals surface area contributed by atoms with Crippen LogP contribution in [0.3, 0.4) is 0 Å². The highest BCUT2D eigenvalue weighted by molar-refractivity contribution is 5.33. The third kappa shape index (κ3) is 6.27. The zero-order valence-electron chi connectivity index (χ0n) is 16.1. The molecule has 0 aliphatic carbocycles. The standard InChI is InChI=1S/C21H24F3N3O2/c22-21(23,24)19-5-1-17(2-6-19)9-11-25-13-15-26(16-14-25)12-10-18-3-7-20(8-4-18)27(28)29/h1-8H,9-16H2. The topological polar surface area (TPSA) is 49.6 Å². The number of nitro benzene ring substituents is 1. The van der Waals surface area contributed by atoms with E-state index in [0.717, 1.165) is 75.4 Å². The SMILES string of the molecule is O=[N+]([O-])c1ccc(CCN2CCN(CCc3ccc(C(F)(F)F)cc3)CC2)cc1. The second-order valence-electron chi connectivity index (χ2n) is 7.30. The Morgan fingerprint density at radius 2 is 1.21 bits per heavy atom. The number of piperazine rings is 1. The Morgan fingerprint density at radius 1 is 0.793 bits per heavy atom. The van der Waals surface area contributed by atoms with E-state index in [1.165, 1.54) is 12.1 Å². The van der Waals surface area contributed by atoms with Crippen LogP contribution in [0.25, 0.3) is 0 Å². The maximum atomic E-state index is 12.6. The van der Waals surface area contributed by atoms with E-state index in [4.69, 9.17) is 0 Å². The second kappa shape index (κ2) is 9.37. The maximum absolute atomic E-state index is 12.6. The van der Waals surface area contributed by atoms with Crippen molar-refractivity contribution in [3.63, 3.8) is 0 Å². The number of alkyl halides is 3. The zero-order valence-corrected chi connectivity index (χ0v) is 16.1. The van der Waals surface area contributed by atoms with Crippen molar-refractivity contribution in [2.24, 2.45) is 0 Å². The van der Waals surface area contributed by atoms with E-state index in [-0.39, 0.29) is 5.69 Å². The quantitative estimate of drug-likeness (QED) is 0.514. The molecule has 3 rings (SSSR count). The van der Waals surface area contributed by atoms with Crippen molar-refractivity contribution in [1.82, 2.24) is 9.80 Å². The van der Waals surface area contributed by atoms with Crippen molar-refractivity contribution >= 4 is 5.69 Å². The Labute approximate surface area is 167 Å². The van der Waals surface area contributed by atoms with Gasteiger partial charge in [-0.25, -0.2) is 0 Å². The highest BCUT2D eigenvalue weighted by Crippen LogP contribution is 2.29. The molecular weight excluding hydrogens is 383 g/mol. The molecule has 0 N–H and O–H groups in total. The molecule has 2 aromatic rings. The van der Waals surface area contributed by atoms with Crippen molar-refractivity contribution < 1.29 is 18.1 Å². The smallest absolute Gasteiger partial charge is 0.300 e. The lowest BCUT2D eigenvalue weighted by atomic mass is 10.1. The molecule has 5 nitrogen and oxygen atoms in total. The van der Waals surface area contributed by atoms with Gasteiger partial charge in [0.05, 0.1) is 10.5 Å². The Bertz CT molecular complexity index is 799. The highest BCUT2D eigenvalue weighted by Gasteiger charge is 2.29. The van der Waals surface area contributed by atoms with E-state index in [2.05, 4.69) is 9.80 Å². The van der Waals surface area contributed by atoms with Crippen LogP contribution < -0.4 is 0 Å². The Kier molecular flexibility index (Phi) is 6.87. The van der Waals surface area contributed by atoms with Crippen LogP contribution in [0.1, 0.15) is 16.7 Å². The number of nitro groups is 1. The zero-order chi connectivity index (χ0) is 20.9. The van der Waals surface area contributed by atoms with Crippen molar-refractivity contribution in [2.75, 3.05) is 39.3 Å². The van der Waals surface area contributed by atoms with E-state index < -0.39 is 16.7 Å². The molecule has 0 bridgehead atoms. The average molecular weight is 407 g/mol. The Balaban J connectivity index is 1.37. The third-order valence-electron chi connectivity index (χ3n) is 5.33. The summed E-state index contributed by atoms with van der Waals surface area (Å²) in [6.45, 7) is 5.49. The van der Waals surface area contributed by atoms with Gasteiger partial charge in [-0.2, -0.15) is 13.2 Å². The van der Waals surface area contributed by atoms with Gasteiger partial charge in [0.25, 0.3) is 5.69 Å². The van der Waals surface area contributed by atoms with Gasteiger partial charge in [0.2, 0.25) is 0 Å². The number of benzene rings is 2. The highest BCUT2D eigenvalue weighted by atomic mass is 19.4. The summed E-state index contributed by atoms with van der Waals surface area (Å²) in [5, 5.41) is 10.7. The van der Waals surface area contributed by atoms with Crippen LogP contribution in [0.5, 0.6) is 0 Å². The molecule has 156 valence electrons. The summed E-state index contributed by atoms with van der Waals surface area (Å²) >= 11 is 0. The summed E-state index contributed by atoms with van der Waals surface area (Å²) in [6.07, 6.45) is -2.70. The molecule has 0 atom stereocenters. The molecule has 8 heteroatoms. The lowest BCUT2D eigenvalue weighted by Gasteiger charge is -2.34. The first-order valence-electron chi connectivity index (χ1n) is 9.65. The number of halogens is 3. The average Bonchev–Trinajstić information content (AvgIpc) is 2.71. The lowest BCUT2D eigenvalue weighted by molar-refractivity contribution is -0.384. The third-order valence-corrected chi connectivity index (χ3v) is 5.33. The summed E-state index contributed by atoms with van der Waals surface area (Å²) < 4.78 is 37.8. The first-order chi connectivity index (χ1) is 13.8. The number of hydrogen-bond acceptors (Lipinski definition) is 4. The van der Waals surface area contributed by atoms with Gasteiger partial charge in [-0.3, -0.25) is 10.1 Å². The van der Waals surface area contributed by atoms with Gasteiger partial charge in [0.1, 0.15) is 0 Å². The molecule has 0 unspecified atom stereocenters. The predicted octanol–water partition coefficient (Wildman–Crippen LogP) is 4.02. The van der Waals surface area contributed by atoms with Crippen LogP contribution in [0.2, 0.25) is 0 Å². The lowest BCUT2D eigenvalue weighted by Crippen LogP contribution is -2.47. The van der Waals surface area contributed by atoms with Gasteiger partial charge >= 0.3 is 6.18 Å². The van der Waals surface area contributed by atoms with Crippen LogP contribution in [0.4, 0.5) is 18.9 Å². The van der Waals surface area contributed by atoms with Crippen molar-refractivity contribution in [3.8, 4) is 0 Å². The van der Waals surface area contributed by atoms with Crippen molar-refractivity contribution in [3.05, 3.63) is 75.3 Å². The fraction of sp³-hybridized carbons (Fsp3) is 0.429. The first-order valence-corrected chi connectivity index (χ1v) is 9.65. The predicted molar refractivity (Wildman–Crippen MR) is 105 cm³/mol. The minimum Gasteiger partial charge on any atom is -0.300 e. The molecule has 0 aromatic heterocycles. The van der Waals surface area contributed by atoms with Gasteiger partial charge in [-0.15, -0.1) is 0 Å². The fourth-order valence-corrected chi connectivity index (χ4v) is 3.46. The molecule has 1 heterocycles. The first kappa shape index (κ1) is 21.3. The summed E-state index contributed by atoms with van der Waals surface area (Å²) in [6, 6.07) is 12.1. The Morgan fingerprint density at radius 3 is 1.59 bits per heavy atom. The van der Waals surface area contributed by atoms with E-state index in [0.29, 0.717) is 0 Å². The molecule has 0 spiro atoms. The minimum absolute atomic E-state index is 0.107. The summed E-state index contributed by atoms with van der Waals surface area (Å²) in [5.74, 6) is 0. The van der Waals surface area contributed by atoms with Gasteiger partial charge in [0, 0.05) is 51.4 Å². The molecule has 2 aromatic carbocycles. The molecule has 1 aliphatic rings. The van der Waals surface area contributed by atoms with Gasteiger partial charge in [-0.1, -0.05) is 24.3 Å². The number of hydrogen-bond donors (Lipinski definition) is 0. The molecule has 1 saturated heterocycles.